The summed E-state index contributed by atoms with van der Waals surface area (Å²) in [6.07, 6.45) is 0. The Bertz CT molecular complexity index is 395. The van der Waals surface area contributed by atoms with Crippen LogP contribution in [-0.4, -0.2) is 30.3 Å². The van der Waals surface area contributed by atoms with Crippen LogP contribution >= 0.6 is 0 Å². The Morgan fingerprint density at radius 1 is 1.62 bits per heavy atom. The minimum Gasteiger partial charge on any atom is -0.495 e. The normalized spacial score (nSPS) is 9.88. The number of anilines is 2. The molecule has 1 aromatic rings. The van der Waals surface area contributed by atoms with Gasteiger partial charge in [-0.15, -0.1) is 0 Å². The maximum atomic E-state index is 10.7. The lowest BCUT2D eigenvalue weighted by molar-refractivity contribution is -0.383. The van der Waals surface area contributed by atoms with Gasteiger partial charge in [0.2, 0.25) is 0 Å². The molecule has 0 unspecified atom stereocenters. The first-order valence-electron chi connectivity index (χ1n) is 4.56. The van der Waals surface area contributed by atoms with E-state index in [-0.39, 0.29) is 30.2 Å². The highest BCUT2D eigenvalue weighted by atomic mass is 16.6. The largest absolute Gasteiger partial charge is 0.495 e. The van der Waals surface area contributed by atoms with Gasteiger partial charge in [0.1, 0.15) is 11.4 Å². The fourth-order valence-corrected chi connectivity index (χ4v) is 1.24. The molecule has 1 rings (SSSR count). The first-order valence-corrected chi connectivity index (χ1v) is 4.56. The van der Waals surface area contributed by atoms with Crippen molar-refractivity contribution in [2.75, 3.05) is 31.3 Å². The minimum absolute atomic E-state index is 0.121. The van der Waals surface area contributed by atoms with E-state index in [1.54, 1.807) is 0 Å². The molecule has 0 heterocycles. The van der Waals surface area contributed by atoms with Gasteiger partial charge >= 0.3 is 0 Å². The van der Waals surface area contributed by atoms with Gasteiger partial charge in [0.25, 0.3) is 5.69 Å². The van der Waals surface area contributed by atoms with Crippen LogP contribution in [0, 0.1) is 10.1 Å². The molecule has 1 aromatic carbocycles. The number of hydrogen-bond acceptors (Lipinski definition) is 6. The van der Waals surface area contributed by atoms with Crippen LogP contribution in [0.2, 0.25) is 0 Å². The molecule has 16 heavy (non-hydrogen) atoms. The Morgan fingerprint density at radius 3 is 2.81 bits per heavy atom. The van der Waals surface area contributed by atoms with E-state index < -0.39 is 4.92 Å². The van der Waals surface area contributed by atoms with Crippen LogP contribution < -0.4 is 15.8 Å². The number of nitrogen functional groups attached to an aromatic ring is 1. The molecular formula is C9H13N3O4. The summed E-state index contributed by atoms with van der Waals surface area (Å²) in [5.41, 5.74) is 5.88. The third kappa shape index (κ3) is 2.51. The van der Waals surface area contributed by atoms with Crippen LogP contribution in [0.15, 0.2) is 12.1 Å². The van der Waals surface area contributed by atoms with E-state index in [4.69, 9.17) is 15.6 Å². The molecule has 0 saturated carbocycles. The van der Waals surface area contributed by atoms with Crippen LogP contribution in [-0.2, 0) is 0 Å². The Morgan fingerprint density at radius 2 is 2.31 bits per heavy atom. The van der Waals surface area contributed by atoms with Gasteiger partial charge in [0.15, 0.2) is 0 Å². The van der Waals surface area contributed by atoms with E-state index in [1.807, 2.05) is 0 Å². The first-order chi connectivity index (χ1) is 7.60. The van der Waals surface area contributed by atoms with E-state index in [0.29, 0.717) is 5.75 Å². The summed E-state index contributed by atoms with van der Waals surface area (Å²) >= 11 is 0. The Labute approximate surface area is 92.0 Å². The summed E-state index contributed by atoms with van der Waals surface area (Å²) in [5.74, 6) is 0.353. The van der Waals surface area contributed by atoms with Gasteiger partial charge in [-0.25, -0.2) is 0 Å². The van der Waals surface area contributed by atoms with E-state index in [2.05, 4.69) is 5.32 Å². The second-order valence-electron chi connectivity index (χ2n) is 3.02. The molecule has 88 valence electrons. The molecule has 7 heteroatoms. The summed E-state index contributed by atoms with van der Waals surface area (Å²) in [4.78, 5) is 10.2. The van der Waals surface area contributed by atoms with Crippen LogP contribution in [0.3, 0.4) is 0 Å². The maximum absolute atomic E-state index is 10.7. The number of hydrogen-bond donors (Lipinski definition) is 3. The smallest absolute Gasteiger partial charge is 0.294 e. The fraction of sp³-hybridized carbons (Fsp3) is 0.333. The molecule has 0 bridgehead atoms. The third-order valence-corrected chi connectivity index (χ3v) is 1.97. The molecule has 0 aliphatic heterocycles. The average Bonchev–Trinajstić information content (AvgIpc) is 2.26. The molecule has 0 radical (unpaired) electrons. The second-order valence-corrected chi connectivity index (χ2v) is 3.02. The predicted octanol–water partition coefficient (Wildman–Crippen LogP) is 0.590. The number of nitrogens with one attached hydrogen (secondary N) is 1. The molecule has 0 aliphatic carbocycles. The van der Waals surface area contributed by atoms with Crippen LogP contribution in [0.5, 0.6) is 5.75 Å². The van der Waals surface area contributed by atoms with Crippen LogP contribution in [0.1, 0.15) is 0 Å². The Kier molecular flexibility index (Phi) is 3.90. The SMILES string of the molecule is COc1cc(NCCO)c([N+](=O)[O-])cc1N. The number of nitro benzene ring substituents is 1. The van der Waals surface area contributed by atoms with Crippen molar-refractivity contribution in [2.45, 2.75) is 0 Å². The molecule has 4 N–H and O–H groups in total. The monoisotopic (exact) mass is 227 g/mol. The van der Waals surface area contributed by atoms with Crippen molar-refractivity contribution in [2.24, 2.45) is 0 Å². The van der Waals surface area contributed by atoms with Gasteiger partial charge in [-0.05, 0) is 0 Å². The number of nitro groups is 1. The van der Waals surface area contributed by atoms with Crippen molar-refractivity contribution in [1.82, 2.24) is 0 Å². The number of nitrogens with zero attached hydrogens (tertiary/aromatic N) is 1. The topological polar surface area (TPSA) is 111 Å². The summed E-state index contributed by atoms with van der Waals surface area (Å²) in [7, 11) is 1.42. The van der Waals surface area contributed by atoms with E-state index in [9.17, 15) is 10.1 Å². The van der Waals surface area contributed by atoms with Crippen molar-refractivity contribution >= 4 is 17.1 Å². The van der Waals surface area contributed by atoms with E-state index in [1.165, 1.54) is 19.2 Å². The van der Waals surface area contributed by atoms with Gasteiger partial charge in [0.05, 0.1) is 24.3 Å². The van der Waals surface area contributed by atoms with Gasteiger partial charge < -0.3 is 20.9 Å². The lowest BCUT2D eigenvalue weighted by Crippen LogP contribution is -2.08. The number of aliphatic hydroxyl groups is 1. The summed E-state index contributed by atoms with van der Waals surface area (Å²) in [6, 6.07) is 2.65. The van der Waals surface area contributed by atoms with Gasteiger partial charge in [-0.1, -0.05) is 0 Å². The third-order valence-electron chi connectivity index (χ3n) is 1.97. The van der Waals surface area contributed by atoms with Crippen molar-refractivity contribution in [3.05, 3.63) is 22.2 Å². The maximum Gasteiger partial charge on any atom is 0.294 e. The highest BCUT2D eigenvalue weighted by Gasteiger charge is 2.17. The number of rotatable bonds is 5. The number of aliphatic hydroxyl groups excluding tert-OH is 1. The molecule has 0 amide bonds. The van der Waals surface area contributed by atoms with Crippen LogP contribution in [0.25, 0.3) is 0 Å². The number of nitrogens with two attached hydrogens (primary N) is 1. The molecule has 0 aliphatic rings. The van der Waals surface area contributed by atoms with Crippen molar-refractivity contribution in [3.8, 4) is 5.75 Å². The number of ether oxygens (including phenoxy) is 1. The molecule has 0 spiro atoms. The van der Waals surface area contributed by atoms with Crippen LogP contribution in [0.4, 0.5) is 17.1 Å². The van der Waals surface area contributed by atoms with Gasteiger partial charge in [-0.2, -0.15) is 0 Å². The molecular weight excluding hydrogens is 214 g/mol. The zero-order valence-electron chi connectivity index (χ0n) is 8.77. The van der Waals surface area contributed by atoms with Gasteiger partial charge in [-0.3, -0.25) is 10.1 Å². The van der Waals surface area contributed by atoms with Gasteiger partial charge in [0, 0.05) is 18.7 Å². The highest BCUT2D eigenvalue weighted by Crippen LogP contribution is 2.34. The zero-order valence-corrected chi connectivity index (χ0v) is 8.77. The summed E-state index contributed by atoms with van der Waals surface area (Å²) in [6.45, 7) is 0.0950. The minimum atomic E-state index is -0.546. The van der Waals surface area contributed by atoms with Crippen molar-refractivity contribution in [3.63, 3.8) is 0 Å². The van der Waals surface area contributed by atoms with E-state index in [0.717, 1.165) is 0 Å². The summed E-state index contributed by atoms with van der Waals surface area (Å²) < 4.78 is 4.95. The van der Waals surface area contributed by atoms with Crippen molar-refractivity contribution in [1.29, 1.82) is 0 Å². The predicted molar refractivity (Wildman–Crippen MR) is 59.6 cm³/mol. The highest BCUT2D eigenvalue weighted by molar-refractivity contribution is 5.72. The average molecular weight is 227 g/mol. The van der Waals surface area contributed by atoms with Crippen molar-refractivity contribution < 1.29 is 14.8 Å². The summed E-state index contributed by atoms with van der Waals surface area (Å²) in [5, 5.41) is 22.1. The fourth-order valence-electron chi connectivity index (χ4n) is 1.24. The second kappa shape index (κ2) is 5.17. The lowest BCUT2D eigenvalue weighted by Gasteiger charge is -2.09. The molecule has 0 saturated heterocycles. The first kappa shape index (κ1) is 12.1. The molecule has 0 atom stereocenters. The Balaban J connectivity index is 3.14. The lowest BCUT2D eigenvalue weighted by atomic mass is 10.2. The molecule has 0 fully saturated rings. The standard InChI is InChI=1S/C9H13N3O4/c1-16-9-5-7(11-2-3-13)8(12(14)15)4-6(9)10/h4-5,11,13H,2-3,10H2,1H3. The Hall–Kier alpha value is -2.02. The number of methoxy groups -OCH3 is 1. The van der Waals surface area contributed by atoms with E-state index >= 15 is 0 Å². The number of benzene rings is 1. The molecule has 0 aromatic heterocycles. The molecule has 7 nitrogen and oxygen atoms in total. The quantitative estimate of drug-likeness (QED) is 0.385. The zero-order chi connectivity index (χ0) is 12.1.